The Morgan fingerprint density at radius 2 is 1.76 bits per heavy atom. The first-order valence-electron chi connectivity index (χ1n) is 12.2. The molecule has 1 saturated heterocycles. The number of carboxylic acid groups (broad SMARTS) is 1. The summed E-state index contributed by atoms with van der Waals surface area (Å²) in [5, 5.41) is 10.1. The quantitative estimate of drug-likeness (QED) is 0.740. The van der Waals surface area contributed by atoms with E-state index in [0.717, 1.165) is 37.8 Å². The van der Waals surface area contributed by atoms with E-state index in [0.29, 0.717) is 38.3 Å². The van der Waals surface area contributed by atoms with Crippen LogP contribution in [0, 0.1) is 12.8 Å². The third-order valence-corrected chi connectivity index (χ3v) is 7.55. The van der Waals surface area contributed by atoms with Gasteiger partial charge in [-0.25, -0.2) is 14.6 Å². The number of piperidine rings is 1. The van der Waals surface area contributed by atoms with Gasteiger partial charge in [-0.3, -0.25) is 14.3 Å². The largest absolute Gasteiger partial charge is 0.465 e. The van der Waals surface area contributed by atoms with Crippen molar-refractivity contribution in [1.29, 1.82) is 0 Å². The summed E-state index contributed by atoms with van der Waals surface area (Å²) < 4.78 is 1.67. The van der Waals surface area contributed by atoms with Crippen LogP contribution in [0.1, 0.15) is 77.2 Å². The van der Waals surface area contributed by atoms with E-state index in [4.69, 9.17) is 0 Å². The van der Waals surface area contributed by atoms with Crippen molar-refractivity contribution in [3.8, 4) is 0 Å². The fourth-order valence-electron chi connectivity index (χ4n) is 5.90. The Balaban J connectivity index is 1.47. The Morgan fingerprint density at radius 3 is 2.30 bits per heavy atom. The van der Waals surface area contributed by atoms with Crippen LogP contribution in [0.25, 0.3) is 0 Å². The topological polar surface area (TPSA) is 99.0 Å². The van der Waals surface area contributed by atoms with Gasteiger partial charge in [0, 0.05) is 24.7 Å². The lowest BCUT2D eigenvalue weighted by atomic mass is 9.81. The van der Waals surface area contributed by atoms with E-state index in [1.165, 1.54) is 4.90 Å². The standard InChI is InChI=1S/C24H37N5O4/c1-16-25-14-19-15-27(22(31)28(16)19)18-10-12-26(13-11-18)21(30)20(17-8-6-5-7-9-17)29(23(32)33)24(2,3)4/h14,17-18,20H,5-13,15H2,1-4H3,(H,32,33)/t20-/m1/s1. The van der Waals surface area contributed by atoms with Crippen LogP contribution in [-0.2, 0) is 11.3 Å². The predicted octanol–water partition coefficient (Wildman–Crippen LogP) is 3.69. The van der Waals surface area contributed by atoms with Crippen molar-refractivity contribution in [2.75, 3.05) is 13.1 Å². The van der Waals surface area contributed by atoms with E-state index in [1.807, 2.05) is 37.5 Å². The van der Waals surface area contributed by atoms with Crippen molar-refractivity contribution in [3.05, 3.63) is 17.7 Å². The van der Waals surface area contributed by atoms with Crippen molar-refractivity contribution in [1.82, 2.24) is 24.3 Å². The molecule has 3 amide bonds. The Hall–Kier alpha value is -2.58. The van der Waals surface area contributed by atoms with Crippen LogP contribution in [0.4, 0.5) is 9.59 Å². The van der Waals surface area contributed by atoms with Crippen LogP contribution in [0.3, 0.4) is 0 Å². The third-order valence-electron chi connectivity index (χ3n) is 7.55. The zero-order valence-electron chi connectivity index (χ0n) is 20.3. The summed E-state index contributed by atoms with van der Waals surface area (Å²) in [6, 6.07) is -0.607. The van der Waals surface area contributed by atoms with Gasteiger partial charge in [0.1, 0.15) is 11.9 Å². The molecule has 1 aromatic rings. The van der Waals surface area contributed by atoms with Gasteiger partial charge >= 0.3 is 12.1 Å². The first kappa shape index (κ1) is 23.6. The molecule has 1 aliphatic carbocycles. The summed E-state index contributed by atoms with van der Waals surface area (Å²) >= 11 is 0. The van der Waals surface area contributed by atoms with Crippen LogP contribution in [0.2, 0.25) is 0 Å². The van der Waals surface area contributed by atoms with Crippen LogP contribution < -0.4 is 0 Å². The van der Waals surface area contributed by atoms with Gasteiger partial charge in [0.25, 0.3) is 0 Å². The van der Waals surface area contributed by atoms with Crippen molar-refractivity contribution in [3.63, 3.8) is 0 Å². The first-order valence-corrected chi connectivity index (χ1v) is 12.2. The lowest BCUT2D eigenvalue weighted by molar-refractivity contribution is -0.142. The normalized spacial score (nSPS) is 21.3. The van der Waals surface area contributed by atoms with E-state index in [-0.39, 0.29) is 23.9 Å². The molecule has 0 radical (unpaired) electrons. The third kappa shape index (κ3) is 4.46. The number of aromatic nitrogens is 2. The van der Waals surface area contributed by atoms with E-state index in [9.17, 15) is 19.5 Å². The number of hydrogen-bond donors (Lipinski definition) is 1. The van der Waals surface area contributed by atoms with Crippen LogP contribution in [0.15, 0.2) is 6.20 Å². The number of likely N-dealkylation sites (tertiary alicyclic amines) is 1. The van der Waals surface area contributed by atoms with Gasteiger partial charge in [0.05, 0.1) is 18.4 Å². The zero-order chi connectivity index (χ0) is 23.9. The number of fused-ring (bicyclic) bond motifs is 1. The van der Waals surface area contributed by atoms with Crippen LogP contribution >= 0.6 is 0 Å². The van der Waals surface area contributed by atoms with Gasteiger partial charge < -0.3 is 14.9 Å². The Bertz CT molecular complexity index is 906. The van der Waals surface area contributed by atoms with E-state index >= 15 is 0 Å². The number of aryl methyl sites for hydroxylation is 1. The summed E-state index contributed by atoms with van der Waals surface area (Å²) in [5.41, 5.74) is 0.249. The predicted molar refractivity (Wildman–Crippen MR) is 123 cm³/mol. The minimum absolute atomic E-state index is 0.0327. The minimum atomic E-state index is -1.03. The SMILES string of the molecule is Cc1ncc2n1C(=O)N(C1CCN(C(=O)[C@@H](C3CCCCC3)N(C(=O)O)C(C)(C)C)CC1)C2. The second-order valence-corrected chi connectivity index (χ2v) is 10.8. The van der Waals surface area contributed by atoms with Gasteiger partial charge in [0.15, 0.2) is 0 Å². The highest BCUT2D eigenvalue weighted by Gasteiger charge is 2.45. The van der Waals surface area contributed by atoms with Gasteiger partial charge in [-0.15, -0.1) is 0 Å². The van der Waals surface area contributed by atoms with Crippen molar-refractivity contribution < 1.29 is 19.5 Å². The summed E-state index contributed by atoms with van der Waals surface area (Å²) in [6.45, 7) is 9.06. The molecule has 0 aromatic carbocycles. The number of carbonyl (C=O) groups is 3. The van der Waals surface area contributed by atoms with Gasteiger partial charge in [-0.05, 0) is 59.3 Å². The zero-order valence-corrected chi connectivity index (χ0v) is 20.3. The molecule has 9 heteroatoms. The Morgan fingerprint density at radius 1 is 1.12 bits per heavy atom. The summed E-state index contributed by atoms with van der Waals surface area (Å²) in [5.74, 6) is 0.689. The summed E-state index contributed by atoms with van der Waals surface area (Å²) in [7, 11) is 0. The highest BCUT2D eigenvalue weighted by atomic mass is 16.4. The molecular weight excluding hydrogens is 422 g/mol. The van der Waals surface area contributed by atoms with Gasteiger partial charge in [-0.2, -0.15) is 0 Å². The fraction of sp³-hybridized carbons (Fsp3) is 0.750. The molecule has 3 heterocycles. The van der Waals surface area contributed by atoms with E-state index < -0.39 is 17.7 Å². The number of nitrogens with zero attached hydrogens (tertiary/aromatic N) is 5. The average molecular weight is 460 g/mol. The lowest BCUT2D eigenvalue weighted by Gasteiger charge is -2.46. The van der Waals surface area contributed by atoms with E-state index in [1.54, 1.807) is 10.8 Å². The Kier molecular flexibility index (Phi) is 6.42. The van der Waals surface area contributed by atoms with Gasteiger partial charge in [0.2, 0.25) is 5.91 Å². The number of amides is 3. The Labute approximate surface area is 195 Å². The smallest absolute Gasteiger partial charge is 0.408 e. The molecule has 9 nitrogen and oxygen atoms in total. The molecule has 0 spiro atoms. The van der Waals surface area contributed by atoms with E-state index in [2.05, 4.69) is 4.98 Å². The average Bonchev–Trinajstić information content (AvgIpc) is 3.30. The van der Waals surface area contributed by atoms with Crippen molar-refractivity contribution in [2.45, 2.75) is 96.8 Å². The molecule has 2 fully saturated rings. The summed E-state index contributed by atoms with van der Waals surface area (Å²) in [6.07, 6.45) is 7.14. The van der Waals surface area contributed by atoms with Gasteiger partial charge in [-0.1, -0.05) is 19.3 Å². The molecule has 182 valence electrons. The van der Waals surface area contributed by atoms with Crippen LogP contribution in [-0.4, -0.2) is 78.1 Å². The number of rotatable bonds is 4. The second-order valence-electron chi connectivity index (χ2n) is 10.8. The molecule has 1 N–H and O–H groups in total. The number of imidazole rings is 1. The first-order chi connectivity index (χ1) is 15.6. The second kappa shape index (κ2) is 8.99. The molecule has 0 bridgehead atoms. The van der Waals surface area contributed by atoms with Crippen LogP contribution in [0.5, 0.6) is 0 Å². The minimum Gasteiger partial charge on any atom is -0.465 e. The molecule has 1 saturated carbocycles. The molecule has 1 atom stereocenters. The molecule has 33 heavy (non-hydrogen) atoms. The molecule has 2 aliphatic heterocycles. The lowest BCUT2D eigenvalue weighted by Crippen LogP contribution is -2.61. The molecule has 4 rings (SSSR count). The maximum absolute atomic E-state index is 13.8. The highest BCUT2D eigenvalue weighted by Crippen LogP contribution is 2.34. The molecule has 0 unspecified atom stereocenters. The molecule has 3 aliphatic rings. The van der Waals surface area contributed by atoms with Crippen molar-refractivity contribution in [2.24, 2.45) is 5.92 Å². The fourth-order valence-corrected chi connectivity index (χ4v) is 5.90. The maximum Gasteiger partial charge on any atom is 0.408 e. The number of hydrogen-bond acceptors (Lipinski definition) is 4. The number of carbonyl (C=O) groups excluding carboxylic acids is 2. The molecule has 1 aromatic heterocycles. The summed E-state index contributed by atoms with van der Waals surface area (Å²) in [4.78, 5) is 48.3. The monoisotopic (exact) mass is 459 g/mol. The maximum atomic E-state index is 13.8. The highest BCUT2D eigenvalue weighted by molar-refractivity contribution is 5.86. The molecular formula is C24H37N5O4. The van der Waals surface area contributed by atoms with Crippen molar-refractivity contribution >= 4 is 18.0 Å².